The normalized spacial score (nSPS) is 11.9. The molecule has 0 aliphatic carbocycles. The van der Waals surface area contributed by atoms with Crippen molar-refractivity contribution in [3.05, 3.63) is 71.5 Å². The quantitative estimate of drug-likeness (QED) is 0.328. The van der Waals surface area contributed by atoms with Gasteiger partial charge in [-0.3, -0.25) is 0 Å². The molecule has 0 amide bonds. The summed E-state index contributed by atoms with van der Waals surface area (Å²) in [7, 11) is 0. The van der Waals surface area contributed by atoms with Crippen LogP contribution in [0.15, 0.2) is 54.6 Å². The number of fused-ring (bicyclic) bond motifs is 1. The van der Waals surface area contributed by atoms with Crippen molar-refractivity contribution in [1.82, 2.24) is 0 Å². The van der Waals surface area contributed by atoms with Gasteiger partial charge in [0.05, 0.1) is 5.56 Å². The third-order valence-electron chi connectivity index (χ3n) is 4.58. The first kappa shape index (κ1) is 18.4. The van der Waals surface area contributed by atoms with Crippen LogP contribution in [0.5, 0.6) is 0 Å². The largest absolute Gasteiger partial charge is 0.416 e. The van der Waals surface area contributed by atoms with Crippen LogP contribution in [0.4, 0.5) is 17.6 Å². The fourth-order valence-electron chi connectivity index (χ4n) is 3.12. The molecule has 3 aromatic carbocycles. The highest BCUT2D eigenvalue weighted by Gasteiger charge is 2.30. The van der Waals surface area contributed by atoms with E-state index in [2.05, 4.69) is 6.92 Å². The van der Waals surface area contributed by atoms with Gasteiger partial charge < -0.3 is 0 Å². The van der Waals surface area contributed by atoms with E-state index in [9.17, 15) is 17.6 Å². The molecule has 3 rings (SSSR count). The van der Waals surface area contributed by atoms with Crippen LogP contribution in [0.1, 0.15) is 37.3 Å². The molecule has 136 valence electrons. The lowest BCUT2D eigenvalue weighted by Gasteiger charge is -2.10. The number of halogens is 4. The molecule has 3 aromatic rings. The smallest absolute Gasteiger partial charge is 0.206 e. The molecule has 0 atom stereocenters. The molecule has 0 nitrogen and oxygen atoms in total. The lowest BCUT2D eigenvalue weighted by Crippen LogP contribution is -2.04. The molecule has 0 aliphatic heterocycles. The topological polar surface area (TPSA) is 0 Å². The first-order valence-electron chi connectivity index (χ1n) is 8.78. The number of unbranched alkanes of at least 4 members (excludes halogenated alkanes) is 2. The average Bonchev–Trinajstić information content (AvgIpc) is 2.60. The van der Waals surface area contributed by atoms with Crippen molar-refractivity contribution in [1.29, 1.82) is 0 Å². The van der Waals surface area contributed by atoms with Crippen LogP contribution in [0.25, 0.3) is 21.9 Å². The maximum absolute atomic E-state index is 14.5. The number of hydrogen-bond donors (Lipinski definition) is 0. The van der Waals surface area contributed by atoms with Crippen LogP contribution >= 0.6 is 0 Å². The third-order valence-corrected chi connectivity index (χ3v) is 4.58. The van der Waals surface area contributed by atoms with E-state index in [1.807, 2.05) is 6.07 Å². The van der Waals surface area contributed by atoms with Gasteiger partial charge in [0.2, 0.25) is 0 Å². The van der Waals surface area contributed by atoms with Crippen molar-refractivity contribution in [2.45, 2.75) is 38.8 Å². The molecule has 0 N–H and O–H groups in total. The van der Waals surface area contributed by atoms with Gasteiger partial charge in [0.25, 0.3) is 0 Å². The average molecular weight is 360 g/mol. The monoisotopic (exact) mass is 360 g/mol. The Labute approximate surface area is 150 Å². The van der Waals surface area contributed by atoms with E-state index in [0.29, 0.717) is 21.9 Å². The summed E-state index contributed by atoms with van der Waals surface area (Å²) in [5.74, 6) is -0.301. The van der Waals surface area contributed by atoms with E-state index in [4.69, 9.17) is 0 Å². The maximum Gasteiger partial charge on any atom is 0.416 e. The van der Waals surface area contributed by atoms with Gasteiger partial charge in [0.15, 0.2) is 0 Å². The van der Waals surface area contributed by atoms with E-state index < -0.39 is 11.7 Å². The van der Waals surface area contributed by atoms with E-state index in [1.165, 1.54) is 6.07 Å². The molecule has 0 fully saturated rings. The third kappa shape index (κ3) is 4.06. The maximum atomic E-state index is 14.5. The van der Waals surface area contributed by atoms with Gasteiger partial charge in [-0.1, -0.05) is 50.1 Å². The van der Waals surface area contributed by atoms with Gasteiger partial charge >= 0.3 is 6.18 Å². The molecule has 0 saturated heterocycles. The van der Waals surface area contributed by atoms with Crippen LogP contribution in [-0.2, 0) is 12.6 Å². The number of benzene rings is 3. The fourth-order valence-corrected chi connectivity index (χ4v) is 3.12. The van der Waals surface area contributed by atoms with Gasteiger partial charge in [-0.25, -0.2) is 4.39 Å². The Morgan fingerprint density at radius 2 is 1.54 bits per heavy atom. The number of aryl methyl sites for hydroxylation is 1. The molecule has 0 aromatic heterocycles. The van der Waals surface area contributed by atoms with E-state index in [1.54, 1.807) is 30.3 Å². The second-order valence-electron chi connectivity index (χ2n) is 6.55. The lowest BCUT2D eigenvalue weighted by atomic mass is 9.97. The summed E-state index contributed by atoms with van der Waals surface area (Å²) in [6, 6.07) is 13.8. The van der Waals surface area contributed by atoms with Crippen molar-refractivity contribution >= 4 is 10.8 Å². The lowest BCUT2D eigenvalue weighted by molar-refractivity contribution is -0.137. The van der Waals surface area contributed by atoms with E-state index >= 15 is 0 Å². The van der Waals surface area contributed by atoms with Crippen molar-refractivity contribution in [2.75, 3.05) is 0 Å². The first-order valence-corrected chi connectivity index (χ1v) is 8.78. The minimum atomic E-state index is -4.37. The minimum Gasteiger partial charge on any atom is -0.206 e. The van der Waals surface area contributed by atoms with Crippen molar-refractivity contribution in [3.8, 4) is 11.1 Å². The van der Waals surface area contributed by atoms with E-state index in [0.717, 1.165) is 43.4 Å². The molecule has 0 aliphatic rings. The first-order chi connectivity index (χ1) is 12.4. The Morgan fingerprint density at radius 3 is 2.23 bits per heavy atom. The van der Waals surface area contributed by atoms with Gasteiger partial charge in [-0.05, 0) is 59.0 Å². The zero-order chi connectivity index (χ0) is 18.7. The van der Waals surface area contributed by atoms with Crippen molar-refractivity contribution in [2.24, 2.45) is 0 Å². The summed E-state index contributed by atoms with van der Waals surface area (Å²) in [5, 5.41) is 1.14. The summed E-state index contributed by atoms with van der Waals surface area (Å²) in [6.45, 7) is 2.13. The SMILES string of the molecule is CCCCCc1ccc(-c2ccc3cc(C(F)(F)F)ccc3c2)c(F)c1. The number of rotatable bonds is 5. The molecule has 0 radical (unpaired) electrons. The highest BCUT2D eigenvalue weighted by atomic mass is 19.4. The summed E-state index contributed by atoms with van der Waals surface area (Å²) < 4.78 is 53.0. The molecular formula is C22H20F4. The standard InChI is InChI=1S/C22H20F4/c1-2-3-4-5-15-6-11-20(21(23)12-15)18-8-7-17-14-19(22(24,25)26)10-9-16(17)13-18/h6-14H,2-5H2,1H3. The van der Waals surface area contributed by atoms with Crippen LogP contribution in [-0.4, -0.2) is 0 Å². The van der Waals surface area contributed by atoms with Crippen LogP contribution in [0.3, 0.4) is 0 Å². The zero-order valence-corrected chi connectivity index (χ0v) is 14.5. The van der Waals surface area contributed by atoms with Crippen molar-refractivity contribution in [3.63, 3.8) is 0 Å². The Hall–Kier alpha value is -2.36. The van der Waals surface area contributed by atoms with Crippen LogP contribution < -0.4 is 0 Å². The van der Waals surface area contributed by atoms with Gasteiger partial charge in [-0.15, -0.1) is 0 Å². The van der Waals surface area contributed by atoms with E-state index in [-0.39, 0.29) is 5.82 Å². The Morgan fingerprint density at radius 1 is 0.808 bits per heavy atom. The summed E-state index contributed by atoms with van der Waals surface area (Å²) in [5.41, 5.74) is 1.41. The van der Waals surface area contributed by atoms with Gasteiger partial charge in [0.1, 0.15) is 5.82 Å². The molecule has 0 heterocycles. The van der Waals surface area contributed by atoms with Crippen LogP contribution in [0.2, 0.25) is 0 Å². The Kier molecular flexibility index (Phi) is 5.30. The molecule has 0 spiro atoms. The second kappa shape index (κ2) is 7.48. The Bertz CT molecular complexity index is 910. The zero-order valence-electron chi connectivity index (χ0n) is 14.5. The van der Waals surface area contributed by atoms with Crippen molar-refractivity contribution < 1.29 is 17.6 Å². The second-order valence-corrected chi connectivity index (χ2v) is 6.55. The molecular weight excluding hydrogens is 340 g/mol. The summed E-state index contributed by atoms with van der Waals surface area (Å²) in [6.07, 6.45) is -0.246. The highest BCUT2D eigenvalue weighted by Crippen LogP contribution is 2.33. The van der Waals surface area contributed by atoms with Gasteiger partial charge in [-0.2, -0.15) is 13.2 Å². The number of alkyl halides is 3. The molecule has 0 unspecified atom stereocenters. The predicted octanol–water partition coefficient (Wildman–Crippen LogP) is 7.40. The number of hydrogen-bond acceptors (Lipinski definition) is 0. The molecule has 0 saturated carbocycles. The molecule has 0 bridgehead atoms. The van der Waals surface area contributed by atoms with Crippen LogP contribution in [0, 0.1) is 5.82 Å². The summed E-state index contributed by atoms with van der Waals surface area (Å²) in [4.78, 5) is 0. The fraction of sp³-hybridized carbons (Fsp3) is 0.273. The Balaban J connectivity index is 1.90. The highest BCUT2D eigenvalue weighted by molar-refractivity contribution is 5.88. The minimum absolute atomic E-state index is 0.301. The summed E-state index contributed by atoms with van der Waals surface area (Å²) >= 11 is 0. The molecule has 4 heteroatoms. The van der Waals surface area contributed by atoms with Gasteiger partial charge in [0, 0.05) is 5.56 Å². The molecule has 26 heavy (non-hydrogen) atoms. The predicted molar refractivity (Wildman–Crippen MR) is 97.6 cm³/mol.